The topological polar surface area (TPSA) is 61.4 Å². The van der Waals surface area contributed by atoms with Crippen LogP contribution in [0.4, 0.5) is 0 Å². The molecule has 0 radical (unpaired) electrons. The minimum atomic E-state index is -0.445. The maximum absolute atomic E-state index is 12.7. The third-order valence-electron chi connectivity index (χ3n) is 5.06. The number of piperazine rings is 1. The summed E-state index contributed by atoms with van der Waals surface area (Å²) in [5, 5.41) is 6.94. The molecule has 1 atom stereocenters. The first-order chi connectivity index (χ1) is 12.1. The maximum atomic E-state index is 12.7. The van der Waals surface area contributed by atoms with Gasteiger partial charge in [0.15, 0.2) is 0 Å². The number of amides is 2. The van der Waals surface area contributed by atoms with Gasteiger partial charge in [0.05, 0.1) is 12.5 Å². The van der Waals surface area contributed by atoms with E-state index >= 15 is 0 Å². The van der Waals surface area contributed by atoms with E-state index < -0.39 is 6.04 Å². The predicted molar refractivity (Wildman–Crippen MR) is 98.3 cm³/mol. The van der Waals surface area contributed by atoms with Crippen molar-refractivity contribution in [1.29, 1.82) is 0 Å². The van der Waals surface area contributed by atoms with Gasteiger partial charge in [-0.05, 0) is 24.5 Å². The fourth-order valence-electron chi connectivity index (χ4n) is 3.66. The second-order valence-corrected chi connectivity index (χ2v) is 7.37. The lowest BCUT2D eigenvalue weighted by Crippen LogP contribution is -2.56. The number of nitrogens with zero attached hydrogens (tertiary/aromatic N) is 1. The van der Waals surface area contributed by atoms with Crippen LogP contribution in [0.25, 0.3) is 0 Å². The van der Waals surface area contributed by atoms with E-state index in [9.17, 15) is 9.59 Å². The van der Waals surface area contributed by atoms with E-state index in [-0.39, 0.29) is 24.3 Å². The molecule has 136 valence electrons. The zero-order valence-electron chi connectivity index (χ0n) is 14.5. The highest BCUT2D eigenvalue weighted by Gasteiger charge is 2.30. The van der Waals surface area contributed by atoms with E-state index in [4.69, 9.17) is 11.6 Å². The Morgan fingerprint density at radius 2 is 2.00 bits per heavy atom. The van der Waals surface area contributed by atoms with Crippen molar-refractivity contribution in [3.63, 3.8) is 0 Å². The molecule has 2 fully saturated rings. The highest BCUT2D eigenvalue weighted by molar-refractivity contribution is 6.31. The van der Waals surface area contributed by atoms with Crippen LogP contribution in [0.3, 0.4) is 0 Å². The molecule has 1 saturated carbocycles. The molecular weight excluding hydrogens is 338 g/mol. The van der Waals surface area contributed by atoms with Gasteiger partial charge in [0, 0.05) is 30.7 Å². The van der Waals surface area contributed by atoms with Gasteiger partial charge >= 0.3 is 0 Å². The molecule has 6 heteroatoms. The Balaban J connectivity index is 1.54. The van der Waals surface area contributed by atoms with Crippen molar-refractivity contribution in [3.05, 3.63) is 34.9 Å². The monoisotopic (exact) mass is 363 g/mol. The first kappa shape index (κ1) is 18.2. The lowest BCUT2D eigenvalue weighted by Gasteiger charge is -2.33. The third kappa shape index (κ3) is 4.95. The van der Waals surface area contributed by atoms with E-state index in [1.807, 2.05) is 24.3 Å². The van der Waals surface area contributed by atoms with E-state index in [0.29, 0.717) is 24.7 Å². The molecule has 25 heavy (non-hydrogen) atoms. The number of carbonyl (C=O) groups is 2. The van der Waals surface area contributed by atoms with Crippen LogP contribution in [0.15, 0.2) is 24.3 Å². The lowest BCUT2D eigenvalue weighted by atomic mass is 9.95. The van der Waals surface area contributed by atoms with Crippen LogP contribution in [0.2, 0.25) is 5.02 Å². The summed E-state index contributed by atoms with van der Waals surface area (Å²) in [5.41, 5.74) is 0.935. The zero-order chi connectivity index (χ0) is 17.6. The second kappa shape index (κ2) is 8.68. The molecule has 1 aliphatic carbocycles. The maximum Gasteiger partial charge on any atom is 0.240 e. The van der Waals surface area contributed by atoms with Crippen molar-refractivity contribution in [2.45, 2.75) is 57.2 Å². The molecular formula is C19H26ClN3O2. The average Bonchev–Trinajstić information content (AvgIpc) is 2.61. The van der Waals surface area contributed by atoms with E-state index in [2.05, 4.69) is 10.6 Å². The molecule has 1 aromatic carbocycles. The normalized spacial score (nSPS) is 22.0. The van der Waals surface area contributed by atoms with Gasteiger partial charge in [-0.1, -0.05) is 49.1 Å². The SMILES string of the molecule is O=C(CC1NCCN(Cc2ccccc2Cl)C1=O)NC1CCCCC1. The molecule has 1 aliphatic heterocycles. The summed E-state index contributed by atoms with van der Waals surface area (Å²) >= 11 is 6.20. The van der Waals surface area contributed by atoms with Crippen LogP contribution in [-0.2, 0) is 16.1 Å². The summed E-state index contributed by atoms with van der Waals surface area (Å²) in [6.07, 6.45) is 5.92. The second-order valence-electron chi connectivity index (χ2n) is 6.96. The van der Waals surface area contributed by atoms with E-state index in [1.54, 1.807) is 4.90 Å². The summed E-state index contributed by atoms with van der Waals surface area (Å²) in [6, 6.07) is 7.40. The van der Waals surface area contributed by atoms with E-state index in [0.717, 1.165) is 18.4 Å². The highest BCUT2D eigenvalue weighted by Crippen LogP contribution is 2.19. The van der Waals surface area contributed by atoms with Gasteiger partial charge in [-0.15, -0.1) is 0 Å². The van der Waals surface area contributed by atoms with Crippen LogP contribution in [0.1, 0.15) is 44.1 Å². The Labute approximate surface area is 154 Å². The molecule has 1 saturated heterocycles. The molecule has 2 amide bonds. The Kier molecular flexibility index (Phi) is 6.32. The number of nitrogens with one attached hydrogen (secondary N) is 2. The number of rotatable bonds is 5. The van der Waals surface area contributed by atoms with Gasteiger partial charge in [0.2, 0.25) is 11.8 Å². The van der Waals surface area contributed by atoms with Gasteiger partial charge in [0.1, 0.15) is 0 Å². The van der Waals surface area contributed by atoms with Crippen molar-refractivity contribution in [3.8, 4) is 0 Å². The largest absolute Gasteiger partial charge is 0.353 e. The van der Waals surface area contributed by atoms with Crippen LogP contribution in [0, 0.1) is 0 Å². The van der Waals surface area contributed by atoms with Crippen LogP contribution in [-0.4, -0.2) is 41.9 Å². The molecule has 0 aromatic heterocycles. The predicted octanol–water partition coefficient (Wildman–Crippen LogP) is 2.48. The smallest absolute Gasteiger partial charge is 0.240 e. The molecule has 5 nitrogen and oxygen atoms in total. The molecule has 0 spiro atoms. The van der Waals surface area contributed by atoms with Crippen LogP contribution >= 0.6 is 11.6 Å². The Hall–Kier alpha value is -1.59. The number of halogens is 1. The van der Waals surface area contributed by atoms with Crippen molar-refractivity contribution < 1.29 is 9.59 Å². The summed E-state index contributed by atoms with van der Waals surface area (Å²) < 4.78 is 0. The van der Waals surface area contributed by atoms with Crippen molar-refractivity contribution in [2.24, 2.45) is 0 Å². The summed E-state index contributed by atoms with van der Waals surface area (Å²) in [4.78, 5) is 26.8. The first-order valence-corrected chi connectivity index (χ1v) is 9.56. The fourth-order valence-corrected chi connectivity index (χ4v) is 3.85. The highest BCUT2D eigenvalue weighted by atomic mass is 35.5. The quantitative estimate of drug-likeness (QED) is 0.844. The molecule has 1 unspecified atom stereocenters. The Bertz CT molecular complexity index is 616. The Morgan fingerprint density at radius 3 is 2.76 bits per heavy atom. The van der Waals surface area contributed by atoms with E-state index in [1.165, 1.54) is 19.3 Å². The van der Waals surface area contributed by atoms with Crippen molar-refractivity contribution in [2.75, 3.05) is 13.1 Å². The summed E-state index contributed by atoms with van der Waals surface area (Å²) in [7, 11) is 0. The minimum absolute atomic E-state index is 0.0232. The Morgan fingerprint density at radius 1 is 1.24 bits per heavy atom. The third-order valence-corrected chi connectivity index (χ3v) is 5.43. The van der Waals surface area contributed by atoms with Gasteiger partial charge in [-0.2, -0.15) is 0 Å². The van der Waals surface area contributed by atoms with Gasteiger partial charge in [-0.3, -0.25) is 9.59 Å². The number of hydrogen-bond donors (Lipinski definition) is 2. The van der Waals surface area contributed by atoms with Crippen LogP contribution < -0.4 is 10.6 Å². The molecule has 1 aromatic rings. The van der Waals surface area contributed by atoms with Crippen molar-refractivity contribution in [1.82, 2.24) is 15.5 Å². The molecule has 1 heterocycles. The molecule has 0 bridgehead atoms. The minimum Gasteiger partial charge on any atom is -0.353 e. The zero-order valence-corrected chi connectivity index (χ0v) is 15.2. The van der Waals surface area contributed by atoms with Crippen LogP contribution in [0.5, 0.6) is 0 Å². The number of benzene rings is 1. The lowest BCUT2D eigenvalue weighted by molar-refractivity contribution is -0.139. The van der Waals surface area contributed by atoms with Gasteiger partial charge in [0.25, 0.3) is 0 Å². The fraction of sp³-hybridized carbons (Fsp3) is 0.579. The van der Waals surface area contributed by atoms with Gasteiger partial charge in [-0.25, -0.2) is 0 Å². The summed E-state index contributed by atoms with van der Waals surface area (Å²) in [5.74, 6) is -0.0534. The first-order valence-electron chi connectivity index (χ1n) is 9.18. The average molecular weight is 364 g/mol. The number of carbonyl (C=O) groups excluding carboxylic acids is 2. The molecule has 2 N–H and O–H groups in total. The number of hydrogen-bond acceptors (Lipinski definition) is 3. The van der Waals surface area contributed by atoms with Gasteiger partial charge < -0.3 is 15.5 Å². The van der Waals surface area contributed by atoms with Crippen molar-refractivity contribution >= 4 is 23.4 Å². The standard InChI is InChI=1S/C19H26ClN3O2/c20-16-9-5-4-6-14(16)13-23-11-10-21-17(19(23)25)12-18(24)22-15-7-2-1-3-8-15/h4-6,9,15,17,21H,1-3,7-8,10-13H2,(H,22,24). The molecule has 2 aliphatic rings. The summed E-state index contributed by atoms with van der Waals surface area (Å²) in [6.45, 7) is 1.81. The molecule has 3 rings (SSSR count).